The molecule has 1 amide bonds. The molecule has 0 aliphatic carbocycles. The number of hydrogen-bond donors (Lipinski definition) is 1. The number of sulfonamides is 1. The van der Waals surface area contributed by atoms with Gasteiger partial charge in [-0.2, -0.15) is 0 Å². The van der Waals surface area contributed by atoms with E-state index in [1.54, 1.807) is 48.5 Å². The Hall–Kier alpha value is -2.54. The van der Waals surface area contributed by atoms with Crippen molar-refractivity contribution < 1.29 is 17.9 Å². The van der Waals surface area contributed by atoms with Gasteiger partial charge in [0, 0.05) is 6.54 Å². The fourth-order valence-corrected chi connectivity index (χ4v) is 4.00. The number of aryl methyl sites for hydroxylation is 1. The standard InChI is InChI=1S/C20H26N2O4S/c1-4-5-14-21-20(23)15-22(18-8-6-7-9-19(18)26-3)27(24,25)17-12-10-16(2)11-13-17/h6-13H,4-5,14-15H2,1-3H3,(H,21,23). The third-order valence-electron chi connectivity index (χ3n) is 4.10. The van der Waals surface area contributed by atoms with E-state index >= 15 is 0 Å². The van der Waals surface area contributed by atoms with E-state index in [4.69, 9.17) is 4.74 Å². The van der Waals surface area contributed by atoms with Crippen LogP contribution in [0.15, 0.2) is 53.4 Å². The van der Waals surface area contributed by atoms with Crippen molar-refractivity contribution in [2.45, 2.75) is 31.6 Å². The highest BCUT2D eigenvalue weighted by Gasteiger charge is 2.29. The highest BCUT2D eigenvalue weighted by atomic mass is 32.2. The number of hydrogen-bond acceptors (Lipinski definition) is 4. The van der Waals surface area contributed by atoms with Gasteiger partial charge in [0.15, 0.2) is 0 Å². The molecule has 0 fully saturated rings. The number of nitrogens with zero attached hydrogens (tertiary/aromatic N) is 1. The molecule has 0 saturated carbocycles. The van der Waals surface area contributed by atoms with Gasteiger partial charge < -0.3 is 10.1 Å². The van der Waals surface area contributed by atoms with E-state index in [0.717, 1.165) is 22.7 Å². The van der Waals surface area contributed by atoms with E-state index in [2.05, 4.69) is 5.32 Å². The Kier molecular flexibility index (Phi) is 7.24. The van der Waals surface area contributed by atoms with Gasteiger partial charge in [-0.25, -0.2) is 8.42 Å². The number of rotatable bonds is 9. The average Bonchev–Trinajstić information content (AvgIpc) is 2.66. The molecule has 6 nitrogen and oxygen atoms in total. The molecule has 27 heavy (non-hydrogen) atoms. The van der Waals surface area contributed by atoms with Crippen LogP contribution in [0.2, 0.25) is 0 Å². The van der Waals surface area contributed by atoms with E-state index < -0.39 is 10.0 Å². The number of nitrogens with one attached hydrogen (secondary N) is 1. The van der Waals surface area contributed by atoms with Gasteiger partial charge in [-0.1, -0.05) is 43.2 Å². The monoisotopic (exact) mass is 390 g/mol. The van der Waals surface area contributed by atoms with E-state index in [-0.39, 0.29) is 17.3 Å². The van der Waals surface area contributed by atoms with Crippen molar-refractivity contribution >= 4 is 21.6 Å². The predicted octanol–water partition coefficient (Wildman–Crippen LogP) is 3.12. The number of para-hydroxylation sites is 2. The van der Waals surface area contributed by atoms with E-state index in [9.17, 15) is 13.2 Å². The molecule has 2 aromatic rings. The third-order valence-corrected chi connectivity index (χ3v) is 5.88. The average molecular weight is 391 g/mol. The first kappa shape index (κ1) is 20.8. The zero-order chi connectivity index (χ0) is 19.9. The normalized spacial score (nSPS) is 11.1. The van der Waals surface area contributed by atoms with Crippen LogP contribution in [0.5, 0.6) is 5.75 Å². The summed E-state index contributed by atoms with van der Waals surface area (Å²) >= 11 is 0. The lowest BCUT2D eigenvalue weighted by Gasteiger charge is -2.25. The van der Waals surface area contributed by atoms with Gasteiger partial charge in [0.1, 0.15) is 12.3 Å². The lowest BCUT2D eigenvalue weighted by atomic mass is 10.2. The van der Waals surface area contributed by atoms with Crippen LogP contribution in [0.25, 0.3) is 0 Å². The minimum Gasteiger partial charge on any atom is -0.495 e. The van der Waals surface area contributed by atoms with Crippen molar-refractivity contribution in [3.63, 3.8) is 0 Å². The van der Waals surface area contributed by atoms with Crippen LogP contribution >= 0.6 is 0 Å². The van der Waals surface area contributed by atoms with Crippen LogP contribution in [0.1, 0.15) is 25.3 Å². The van der Waals surface area contributed by atoms with Gasteiger partial charge in [0.05, 0.1) is 17.7 Å². The number of benzene rings is 2. The van der Waals surface area contributed by atoms with Gasteiger partial charge >= 0.3 is 0 Å². The van der Waals surface area contributed by atoms with Crippen molar-refractivity contribution in [2.75, 3.05) is 24.5 Å². The van der Waals surface area contributed by atoms with Crippen LogP contribution in [0, 0.1) is 6.92 Å². The molecule has 0 unspecified atom stereocenters. The number of unbranched alkanes of at least 4 members (excludes halogenated alkanes) is 1. The maximum absolute atomic E-state index is 13.3. The number of carbonyl (C=O) groups is 1. The highest BCUT2D eigenvalue weighted by Crippen LogP contribution is 2.32. The fraction of sp³-hybridized carbons (Fsp3) is 0.350. The molecule has 0 bridgehead atoms. The molecule has 0 heterocycles. The molecule has 7 heteroatoms. The fourth-order valence-electron chi connectivity index (χ4n) is 2.56. The Labute approximate surface area is 161 Å². The van der Waals surface area contributed by atoms with Crippen molar-refractivity contribution in [3.05, 3.63) is 54.1 Å². The third kappa shape index (κ3) is 5.23. The van der Waals surface area contributed by atoms with Crippen molar-refractivity contribution in [3.8, 4) is 5.75 Å². The molecule has 1 N–H and O–H groups in total. The molecule has 0 saturated heterocycles. The Morgan fingerprint density at radius 1 is 1.11 bits per heavy atom. The zero-order valence-electron chi connectivity index (χ0n) is 15.9. The predicted molar refractivity (Wildman–Crippen MR) is 107 cm³/mol. The van der Waals surface area contributed by atoms with Crippen molar-refractivity contribution in [2.24, 2.45) is 0 Å². The van der Waals surface area contributed by atoms with Crippen LogP contribution in [0.4, 0.5) is 5.69 Å². The molecule has 2 rings (SSSR count). The van der Waals surface area contributed by atoms with Gasteiger partial charge in [0.25, 0.3) is 10.0 Å². The molecule has 0 spiro atoms. The summed E-state index contributed by atoms with van der Waals surface area (Å²) in [6, 6.07) is 13.3. The zero-order valence-corrected chi connectivity index (χ0v) is 16.8. The second-order valence-electron chi connectivity index (χ2n) is 6.20. The number of methoxy groups -OCH3 is 1. The first-order chi connectivity index (χ1) is 12.9. The summed E-state index contributed by atoms with van der Waals surface area (Å²) in [5.74, 6) is 0.0274. The second-order valence-corrected chi connectivity index (χ2v) is 8.06. The summed E-state index contributed by atoms with van der Waals surface area (Å²) in [4.78, 5) is 12.5. The molecule has 0 atom stereocenters. The van der Waals surface area contributed by atoms with Crippen molar-refractivity contribution in [1.82, 2.24) is 5.32 Å². The second kappa shape index (κ2) is 9.41. The first-order valence-corrected chi connectivity index (χ1v) is 10.3. The molecule has 146 valence electrons. The SMILES string of the molecule is CCCCNC(=O)CN(c1ccccc1OC)S(=O)(=O)c1ccc(C)cc1. The number of amides is 1. The van der Waals surface area contributed by atoms with E-state index in [1.165, 1.54) is 7.11 Å². The summed E-state index contributed by atoms with van der Waals surface area (Å²) in [6.45, 7) is 4.10. The Morgan fingerprint density at radius 2 is 1.78 bits per heavy atom. The highest BCUT2D eigenvalue weighted by molar-refractivity contribution is 7.92. The Bertz CT molecular complexity index is 864. The first-order valence-electron chi connectivity index (χ1n) is 8.89. The quantitative estimate of drug-likeness (QED) is 0.668. The lowest BCUT2D eigenvalue weighted by molar-refractivity contribution is -0.119. The van der Waals surface area contributed by atoms with E-state index in [0.29, 0.717) is 18.0 Å². The smallest absolute Gasteiger partial charge is 0.264 e. The number of anilines is 1. The van der Waals surface area contributed by atoms with Gasteiger partial charge in [0.2, 0.25) is 5.91 Å². The Balaban J connectivity index is 2.42. The summed E-state index contributed by atoms with van der Waals surface area (Å²) in [5, 5.41) is 2.77. The van der Waals surface area contributed by atoms with Crippen LogP contribution in [-0.2, 0) is 14.8 Å². The Morgan fingerprint density at radius 3 is 2.41 bits per heavy atom. The van der Waals surface area contributed by atoms with Crippen molar-refractivity contribution in [1.29, 1.82) is 0 Å². The minimum atomic E-state index is -3.94. The summed E-state index contributed by atoms with van der Waals surface area (Å²) in [5.41, 5.74) is 1.28. The number of ether oxygens (including phenoxy) is 1. The molecule has 0 aliphatic rings. The maximum Gasteiger partial charge on any atom is 0.264 e. The van der Waals surface area contributed by atoms with Crippen LogP contribution < -0.4 is 14.4 Å². The molecule has 2 aromatic carbocycles. The largest absolute Gasteiger partial charge is 0.495 e. The summed E-state index contributed by atoms with van der Waals surface area (Å²) < 4.78 is 32.9. The molecular formula is C20H26N2O4S. The minimum absolute atomic E-state index is 0.125. The van der Waals surface area contributed by atoms with Crippen LogP contribution in [0.3, 0.4) is 0 Å². The van der Waals surface area contributed by atoms with Gasteiger partial charge in [-0.3, -0.25) is 9.10 Å². The summed E-state index contributed by atoms with van der Waals surface area (Å²) in [7, 11) is -2.47. The summed E-state index contributed by atoms with van der Waals surface area (Å²) in [6.07, 6.45) is 1.78. The van der Waals surface area contributed by atoms with Gasteiger partial charge in [-0.05, 0) is 37.6 Å². The molecular weight excluding hydrogens is 364 g/mol. The topological polar surface area (TPSA) is 75.7 Å². The molecule has 0 aromatic heterocycles. The lowest BCUT2D eigenvalue weighted by Crippen LogP contribution is -2.41. The van der Waals surface area contributed by atoms with Crippen LogP contribution in [-0.4, -0.2) is 34.5 Å². The molecule has 0 aliphatic heterocycles. The van der Waals surface area contributed by atoms with Gasteiger partial charge in [-0.15, -0.1) is 0 Å². The number of carbonyl (C=O) groups excluding carboxylic acids is 1. The maximum atomic E-state index is 13.3. The van der Waals surface area contributed by atoms with E-state index in [1.807, 2.05) is 13.8 Å². The molecule has 0 radical (unpaired) electrons.